The highest BCUT2D eigenvalue weighted by molar-refractivity contribution is 5.89. The summed E-state index contributed by atoms with van der Waals surface area (Å²) in [6, 6.07) is 5.68. The summed E-state index contributed by atoms with van der Waals surface area (Å²) in [4.78, 5) is 30.1. The molecule has 3 atom stereocenters. The van der Waals surface area contributed by atoms with E-state index in [1.54, 1.807) is 19.4 Å². The summed E-state index contributed by atoms with van der Waals surface area (Å²) in [5, 5.41) is 9.71. The normalized spacial score (nSPS) is 24.3. The van der Waals surface area contributed by atoms with E-state index in [1.165, 1.54) is 4.90 Å². The van der Waals surface area contributed by atoms with Crippen LogP contribution in [0.2, 0.25) is 0 Å². The average molecular weight is 371 g/mol. The molecular weight excluding hydrogens is 344 g/mol. The molecule has 1 aliphatic rings. The lowest BCUT2D eigenvalue weighted by molar-refractivity contribution is -0.129. The second-order valence-corrected chi connectivity index (χ2v) is 7.43. The number of amides is 2. The summed E-state index contributed by atoms with van der Waals surface area (Å²) >= 11 is 0. The fourth-order valence-corrected chi connectivity index (χ4v) is 4.20. The zero-order chi connectivity index (χ0) is 19.9. The van der Waals surface area contributed by atoms with Gasteiger partial charge in [0.15, 0.2) is 0 Å². The Labute approximate surface area is 159 Å². The molecule has 3 rings (SSSR count). The highest BCUT2D eigenvalue weighted by atomic mass is 16.4. The zero-order valence-corrected chi connectivity index (χ0v) is 16.5. The molecule has 0 saturated heterocycles. The summed E-state index contributed by atoms with van der Waals surface area (Å²) in [7, 11) is 3.84. The zero-order valence-electron chi connectivity index (χ0n) is 16.5. The van der Waals surface area contributed by atoms with Crippen molar-refractivity contribution in [3.05, 3.63) is 36.3 Å². The first kappa shape index (κ1) is 19.1. The van der Waals surface area contributed by atoms with Gasteiger partial charge in [-0.15, -0.1) is 0 Å². The third-order valence-corrected chi connectivity index (χ3v) is 6.06. The summed E-state index contributed by atoms with van der Waals surface area (Å²) < 4.78 is 2.10. The molecule has 0 saturated carbocycles. The summed E-state index contributed by atoms with van der Waals surface area (Å²) in [6.07, 6.45) is 3.18. The average Bonchev–Trinajstić information content (AvgIpc) is 3.04. The number of nitrogens with zero attached hydrogens (tertiary/aromatic N) is 4. The Kier molecular flexibility index (Phi) is 4.82. The maximum absolute atomic E-state index is 12.6. The number of carboxylic acid groups (broad SMARTS) is 1. The molecular formula is C20H27N4O3+. The number of hydrogen-bond donors (Lipinski definition) is 1. The molecule has 1 unspecified atom stereocenters. The number of aryl methyl sites for hydroxylation is 1. The van der Waals surface area contributed by atoms with E-state index in [-0.39, 0.29) is 22.5 Å². The van der Waals surface area contributed by atoms with Gasteiger partial charge in [-0.1, -0.05) is 0 Å². The third-order valence-electron chi connectivity index (χ3n) is 6.06. The number of rotatable bonds is 3. The molecule has 0 fully saturated rings. The first-order chi connectivity index (χ1) is 12.7. The van der Waals surface area contributed by atoms with Gasteiger partial charge in [0.05, 0.1) is 44.3 Å². The fourth-order valence-electron chi connectivity index (χ4n) is 4.20. The number of aromatic nitrogens is 2. The minimum atomic E-state index is -0.939. The van der Waals surface area contributed by atoms with E-state index < -0.39 is 6.09 Å². The molecule has 2 aromatic rings. The molecule has 2 amide bonds. The highest BCUT2D eigenvalue weighted by Gasteiger charge is 2.47. The Balaban J connectivity index is 2.24. The topological polar surface area (TPSA) is 75.4 Å². The van der Waals surface area contributed by atoms with Crippen molar-refractivity contribution in [3.63, 3.8) is 0 Å². The van der Waals surface area contributed by atoms with Crippen LogP contribution >= 0.6 is 0 Å². The van der Waals surface area contributed by atoms with Crippen LogP contribution in [-0.4, -0.2) is 51.2 Å². The summed E-state index contributed by atoms with van der Waals surface area (Å²) in [5.41, 5.74) is 3.68. The Hall–Kier alpha value is -2.67. The number of carbonyl (C=O) groups excluding carboxylic acids is 1. The minimum absolute atomic E-state index is 0.0176. The van der Waals surface area contributed by atoms with E-state index in [9.17, 15) is 14.7 Å². The predicted molar refractivity (Wildman–Crippen MR) is 104 cm³/mol. The van der Waals surface area contributed by atoms with Gasteiger partial charge < -0.3 is 14.6 Å². The maximum atomic E-state index is 12.6. The summed E-state index contributed by atoms with van der Waals surface area (Å²) in [6.45, 7) is 5.86. The van der Waals surface area contributed by atoms with Gasteiger partial charge in [0.1, 0.15) is 5.69 Å². The quantitative estimate of drug-likeness (QED) is 0.839. The van der Waals surface area contributed by atoms with Crippen LogP contribution < -0.4 is 4.48 Å². The van der Waals surface area contributed by atoms with Crippen LogP contribution in [0.1, 0.15) is 38.8 Å². The number of carbonyl (C=O) groups is 2. The molecule has 1 N–H and O–H groups in total. The molecule has 7 heteroatoms. The monoisotopic (exact) mass is 371 g/mol. The van der Waals surface area contributed by atoms with Crippen LogP contribution in [0.5, 0.6) is 0 Å². The second kappa shape index (κ2) is 6.81. The van der Waals surface area contributed by atoms with Crippen LogP contribution in [0.4, 0.5) is 10.5 Å². The van der Waals surface area contributed by atoms with Gasteiger partial charge in [-0.3, -0.25) is 0 Å². The van der Waals surface area contributed by atoms with Crippen LogP contribution in [-0.2, 0) is 11.8 Å². The molecule has 0 spiro atoms. The van der Waals surface area contributed by atoms with Crippen molar-refractivity contribution in [3.8, 4) is 11.3 Å². The number of fused-ring (bicyclic) bond motifs is 1. The first-order valence-electron chi connectivity index (χ1n) is 9.19. The molecule has 0 aliphatic carbocycles. The van der Waals surface area contributed by atoms with E-state index in [0.717, 1.165) is 22.5 Å². The van der Waals surface area contributed by atoms with Gasteiger partial charge >= 0.3 is 12.0 Å². The van der Waals surface area contributed by atoms with Crippen molar-refractivity contribution in [1.29, 1.82) is 0 Å². The van der Waals surface area contributed by atoms with Crippen molar-refractivity contribution >= 4 is 17.7 Å². The number of benzene rings is 1. The minimum Gasteiger partial charge on any atom is -0.465 e. The summed E-state index contributed by atoms with van der Waals surface area (Å²) in [5.74, 6) is 0.0499. The van der Waals surface area contributed by atoms with E-state index >= 15 is 0 Å². The van der Waals surface area contributed by atoms with Gasteiger partial charge in [-0.25, -0.2) is 19.1 Å². The van der Waals surface area contributed by atoms with Gasteiger partial charge in [-0.2, -0.15) is 0 Å². The van der Waals surface area contributed by atoms with E-state index in [0.29, 0.717) is 13.0 Å². The lowest BCUT2D eigenvalue weighted by Crippen LogP contribution is -2.60. The van der Waals surface area contributed by atoms with Gasteiger partial charge in [0.2, 0.25) is 0 Å². The predicted octanol–water partition coefficient (Wildman–Crippen LogP) is 3.40. The fraction of sp³-hybridized carbons (Fsp3) is 0.450. The Morgan fingerprint density at radius 2 is 2.11 bits per heavy atom. The smallest absolute Gasteiger partial charge is 0.407 e. The highest BCUT2D eigenvalue weighted by Crippen LogP contribution is 2.45. The third kappa shape index (κ3) is 2.92. The van der Waals surface area contributed by atoms with Gasteiger partial charge in [0.25, 0.3) is 0 Å². The first-order valence-corrected chi connectivity index (χ1v) is 9.19. The van der Waals surface area contributed by atoms with Crippen molar-refractivity contribution in [1.82, 2.24) is 18.9 Å². The maximum Gasteiger partial charge on any atom is 0.407 e. The largest absolute Gasteiger partial charge is 0.465 e. The second-order valence-electron chi connectivity index (χ2n) is 7.43. The SMILES string of the molecule is CCN(C(=O)O)[C@@H]1C[C@H](C)[N+](C)(C(C)=O)c2ccc(-c3cncn3C)cc21. The number of quaternary nitrogens is 1. The van der Waals surface area contributed by atoms with Crippen molar-refractivity contribution in [2.75, 3.05) is 13.6 Å². The molecule has 2 heterocycles. The molecule has 1 aliphatic heterocycles. The van der Waals surface area contributed by atoms with Crippen molar-refractivity contribution in [2.45, 2.75) is 39.3 Å². The molecule has 144 valence electrons. The lowest BCUT2D eigenvalue weighted by Gasteiger charge is -2.45. The number of imidazole rings is 1. The molecule has 1 aromatic carbocycles. The van der Waals surface area contributed by atoms with Crippen LogP contribution in [0.25, 0.3) is 11.3 Å². The lowest BCUT2D eigenvalue weighted by atomic mass is 9.87. The molecule has 7 nitrogen and oxygen atoms in total. The van der Waals surface area contributed by atoms with Crippen LogP contribution in [0.15, 0.2) is 30.7 Å². The standard InChI is InChI=1S/C20H26N4O3/c1-6-23(20(26)27)17-9-13(2)24(5,14(3)25)19-8-7-15(10-16(17)19)18-11-21-12-22(18)4/h7-8,10-13,17H,6,9H2,1-5H3/p+1/t13-,17+,24?/m0/s1. The van der Waals surface area contributed by atoms with Crippen molar-refractivity contribution in [2.24, 2.45) is 7.05 Å². The Morgan fingerprint density at radius 3 is 2.63 bits per heavy atom. The molecule has 1 aromatic heterocycles. The van der Waals surface area contributed by atoms with E-state index in [4.69, 9.17) is 0 Å². The van der Waals surface area contributed by atoms with Gasteiger partial charge in [0, 0.05) is 37.2 Å². The number of hydrogen-bond acceptors (Lipinski definition) is 3. The van der Waals surface area contributed by atoms with Crippen LogP contribution in [0, 0.1) is 0 Å². The Bertz CT molecular complexity index is 891. The van der Waals surface area contributed by atoms with Gasteiger partial charge in [-0.05, 0) is 26.0 Å². The van der Waals surface area contributed by atoms with E-state index in [2.05, 4.69) is 4.98 Å². The molecule has 0 radical (unpaired) electrons. The van der Waals surface area contributed by atoms with Crippen LogP contribution in [0.3, 0.4) is 0 Å². The van der Waals surface area contributed by atoms with E-state index in [1.807, 2.05) is 50.7 Å². The molecule has 0 bridgehead atoms. The molecule has 27 heavy (non-hydrogen) atoms. The Morgan fingerprint density at radius 1 is 1.41 bits per heavy atom. The van der Waals surface area contributed by atoms with Crippen molar-refractivity contribution < 1.29 is 14.7 Å².